The van der Waals surface area contributed by atoms with Crippen LogP contribution in [0, 0.1) is 0 Å². The smallest absolute Gasteiger partial charge is 0.323 e. The van der Waals surface area contributed by atoms with E-state index in [0.29, 0.717) is 18.9 Å². The Hall–Kier alpha value is -3.41. The van der Waals surface area contributed by atoms with Crippen molar-refractivity contribution in [1.82, 2.24) is 14.9 Å². The van der Waals surface area contributed by atoms with Crippen LogP contribution in [0.1, 0.15) is 22.6 Å². The number of hydrogen-bond donors (Lipinski definition) is 1. The average molecular weight is 373 g/mol. The third-order valence-corrected chi connectivity index (χ3v) is 5.03. The van der Waals surface area contributed by atoms with E-state index in [4.69, 9.17) is 0 Å². The molecule has 0 aliphatic carbocycles. The molecule has 0 fully saturated rings. The van der Waals surface area contributed by atoms with Crippen molar-refractivity contribution in [2.24, 2.45) is 0 Å². The topological polar surface area (TPSA) is 61.4 Å². The molecule has 1 aliphatic heterocycles. The number of fused-ring (bicyclic) bond motifs is 1. The Morgan fingerprint density at radius 2 is 1.82 bits per heavy atom. The second kappa shape index (κ2) is 7.68. The van der Waals surface area contributed by atoms with E-state index < -0.39 is 0 Å². The average Bonchev–Trinajstić information content (AvgIpc) is 2.73. The quantitative estimate of drug-likeness (QED) is 0.760. The van der Waals surface area contributed by atoms with Gasteiger partial charge < -0.3 is 9.80 Å². The normalized spacial score (nSPS) is 15.6. The highest BCUT2D eigenvalue weighted by atomic mass is 16.2. The number of anilines is 2. The van der Waals surface area contributed by atoms with Crippen LogP contribution in [0.25, 0.3) is 0 Å². The molecule has 6 heteroatoms. The lowest BCUT2D eigenvalue weighted by atomic mass is 9.85. The molecule has 1 aliphatic rings. The van der Waals surface area contributed by atoms with Crippen molar-refractivity contribution < 1.29 is 4.79 Å². The number of rotatable bonds is 3. The Balaban J connectivity index is 1.59. The molecule has 4 rings (SSSR count). The van der Waals surface area contributed by atoms with Gasteiger partial charge in [0.15, 0.2) is 0 Å². The van der Waals surface area contributed by atoms with E-state index in [9.17, 15) is 4.79 Å². The molecule has 1 N–H and O–H groups in total. The summed E-state index contributed by atoms with van der Waals surface area (Å²) in [4.78, 5) is 25.1. The Labute approximate surface area is 164 Å². The third-order valence-electron chi connectivity index (χ3n) is 5.03. The van der Waals surface area contributed by atoms with Gasteiger partial charge in [0.05, 0.1) is 0 Å². The first-order valence-electron chi connectivity index (χ1n) is 9.30. The molecule has 0 saturated carbocycles. The van der Waals surface area contributed by atoms with Gasteiger partial charge in [-0.15, -0.1) is 0 Å². The van der Waals surface area contributed by atoms with Crippen LogP contribution in [0.15, 0.2) is 67.0 Å². The maximum atomic E-state index is 13.0. The van der Waals surface area contributed by atoms with E-state index in [0.717, 1.165) is 5.82 Å². The zero-order chi connectivity index (χ0) is 19.5. The van der Waals surface area contributed by atoms with Crippen molar-refractivity contribution in [2.75, 3.05) is 30.9 Å². The van der Waals surface area contributed by atoms with Crippen LogP contribution < -0.4 is 10.2 Å². The van der Waals surface area contributed by atoms with Crippen molar-refractivity contribution in [3.63, 3.8) is 0 Å². The number of urea groups is 1. The van der Waals surface area contributed by atoms with Crippen LogP contribution in [-0.4, -0.2) is 41.5 Å². The fraction of sp³-hybridized carbons (Fsp3) is 0.227. The van der Waals surface area contributed by atoms with Crippen molar-refractivity contribution in [3.8, 4) is 0 Å². The van der Waals surface area contributed by atoms with Gasteiger partial charge in [-0.2, -0.15) is 0 Å². The van der Waals surface area contributed by atoms with Crippen LogP contribution in [0.4, 0.5) is 16.4 Å². The Morgan fingerprint density at radius 3 is 2.61 bits per heavy atom. The Kier molecular flexibility index (Phi) is 4.93. The predicted octanol–water partition coefficient (Wildman–Crippen LogP) is 3.72. The number of nitrogens with one attached hydrogen (secondary N) is 1. The zero-order valence-electron chi connectivity index (χ0n) is 16.0. The molecule has 0 bridgehead atoms. The minimum absolute atomic E-state index is 0.152. The van der Waals surface area contributed by atoms with Gasteiger partial charge in [-0.25, -0.2) is 14.8 Å². The van der Waals surface area contributed by atoms with Crippen molar-refractivity contribution in [1.29, 1.82) is 0 Å². The minimum Gasteiger partial charge on any atom is -0.363 e. The largest absolute Gasteiger partial charge is 0.363 e. The molecule has 142 valence electrons. The molecule has 28 heavy (non-hydrogen) atoms. The summed E-state index contributed by atoms with van der Waals surface area (Å²) >= 11 is 0. The summed E-state index contributed by atoms with van der Waals surface area (Å²) in [6.07, 6.45) is 1.46. The summed E-state index contributed by atoms with van der Waals surface area (Å²) in [6.45, 7) is 1.20. The van der Waals surface area contributed by atoms with Gasteiger partial charge in [-0.05, 0) is 16.7 Å². The molecule has 2 amide bonds. The Bertz CT molecular complexity index is 973. The fourth-order valence-corrected chi connectivity index (χ4v) is 3.58. The highest BCUT2D eigenvalue weighted by Crippen LogP contribution is 2.33. The van der Waals surface area contributed by atoms with Gasteiger partial charge in [0, 0.05) is 39.2 Å². The molecular formula is C22H23N5O. The van der Waals surface area contributed by atoms with Crippen LogP contribution in [0.5, 0.6) is 0 Å². The van der Waals surface area contributed by atoms with Crippen LogP contribution in [0.3, 0.4) is 0 Å². The summed E-state index contributed by atoms with van der Waals surface area (Å²) in [5, 5.41) is 2.92. The first kappa shape index (κ1) is 18.0. The van der Waals surface area contributed by atoms with Gasteiger partial charge in [0.25, 0.3) is 0 Å². The van der Waals surface area contributed by atoms with Crippen LogP contribution in [-0.2, 0) is 6.54 Å². The maximum absolute atomic E-state index is 13.0. The molecule has 0 saturated heterocycles. The Morgan fingerprint density at radius 1 is 1.07 bits per heavy atom. The minimum atomic E-state index is -0.154. The molecule has 1 unspecified atom stereocenters. The van der Waals surface area contributed by atoms with Gasteiger partial charge in [-0.1, -0.05) is 54.6 Å². The number of aromatic nitrogens is 2. The fourth-order valence-electron chi connectivity index (χ4n) is 3.58. The van der Waals surface area contributed by atoms with Crippen LogP contribution >= 0.6 is 0 Å². The molecule has 1 atom stereocenters. The van der Waals surface area contributed by atoms with Crippen molar-refractivity contribution in [3.05, 3.63) is 83.7 Å². The zero-order valence-corrected chi connectivity index (χ0v) is 16.0. The summed E-state index contributed by atoms with van der Waals surface area (Å²) in [7, 11) is 3.81. The highest BCUT2D eigenvalue weighted by molar-refractivity contribution is 5.89. The molecule has 0 radical (unpaired) electrons. The molecular weight excluding hydrogens is 350 g/mol. The first-order valence-corrected chi connectivity index (χ1v) is 9.30. The highest BCUT2D eigenvalue weighted by Gasteiger charge is 2.29. The van der Waals surface area contributed by atoms with Gasteiger partial charge in [0.2, 0.25) is 0 Å². The molecule has 2 heterocycles. The standard InChI is InChI=1S/C22H23N5O/c1-26(2)21-12-20(23-15-24-21)25-22(28)27-13-17-10-6-7-11-18(17)19(14-27)16-8-4-3-5-9-16/h3-12,15,19H,13-14H2,1-2H3,(H,23,24,25,28). The molecule has 1 aromatic heterocycles. The number of carbonyl (C=O) groups is 1. The second-order valence-electron chi connectivity index (χ2n) is 7.13. The number of nitrogens with zero attached hydrogens (tertiary/aromatic N) is 4. The summed E-state index contributed by atoms with van der Waals surface area (Å²) in [6, 6.07) is 20.3. The molecule has 3 aromatic rings. The summed E-state index contributed by atoms with van der Waals surface area (Å²) in [5.74, 6) is 1.40. The van der Waals surface area contributed by atoms with Gasteiger partial charge >= 0.3 is 6.03 Å². The number of carbonyl (C=O) groups excluding carboxylic acids is 1. The van der Waals surface area contributed by atoms with E-state index in [-0.39, 0.29) is 11.9 Å². The summed E-state index contributed by atoms with van der Waals surface area (Å²) in [5.41, 5.74) is 3.67. The molecule has 0 spiro atoms. The summed E-state index contributed by atoms with van der Waals surface area (Å²) < 4.78 is 0. The number of amides is 2. The number of hydrogen-bond acceptors (Lipinski definition) is 4. The van der Waals surface area contributed by atoms with E-state index in [2.05, 4.69) is 45.6 Å². The van der Waals surface area contributed by atoms with Gasteiger partial charge in [-0.3, -0.25) is 5.32 Å². The number of benzene rings is 2. The van der Waals surface area contributed by atoms with Crippen molar-refractivity contribution >= 4 is 17.7 Å². The first-order chi connectivity index (χ1) is 13.6. The van der Waals surface area contributed by atoms with Gasteiger partial charge in [0.1, 0.15) is 18.0 Å². The lowest BCUT2D eigenvalue weighted by Gasteiger charge is -2.35. The molecule has 2 aromatic carbocycles. The monoisotopic (exact) mass is 373 g/mol. The van der Waals surface area contributed by atoms with E-state index in [1.807, 2.05) is 48.2 Å². The van der Waals surface area contributed by atoms with E-state index in [1.54, 1.807) is 6.07 Å². The predicted molar refractivity (Wildman–Crippen MR) is 111 cm³/mol. The lowest BCUT2D eigenvalue weighted by molar-refractivity contribution is 0.203. The third kappa shape index (κ3) is 3.67. The van der Waals surface area contributed by atoms with E-state index in [1.165, 1.54) is 23.0 Å². The van der Waals surface area contributed by atoms with E-state index >= 15 is 0 Å². The maximum Gasteiger partial charge on any atom is 0.323 e. The lowest BCUT2D eigenvalue weighted by Crippen LogP contribution is -2.41. The molecule has 6 nitrogen and oxygen atoms in total. The second-order valence-corrected chi connectivity index (χ2v) is 7.13. The van der Waals surface area contributed by atoms with Crippen molar-refractivity contribution in [2.45, 2.75) is 12.5 Å². The van der Waals surface area contributed by atoms with Crippen LogP contribution in [0.2, 0.25) is 0 Å². The SMILES string of the molecule is CN(C)c1cc(NC(=O)N2Cc3ccccc3C(c3ccccc3)C2)ncn1.